The normalized spacial score (nSPS) is 22.2. The van der Waals surface area contributed by atoms with Crippen molar-refractivity contribution in [1.29, 1.82) is 0 Å². The van der Waals surface area contributed by atoms with E-state index in [1.165, 1.54) is 6.08 Å². The van der Waals surface area contributed by atoms with Crippen molar-refractivity contribution in [2.45, 2.75) is 38.6 Å². The van der Waals surface area contributed by atoms with E-state index < -0.39 is 17.7 Å². The maximum Gasteiger partial charge on any atom is 0.232 e. The van der Waals surface area contributed by atoms with Crippen molar-refractivity contribution in [3.05, 3.63) is 74.3 Å². The molecule has 2 heterocycles. The summed E-state index contributed by atoms with van der Waals surface area (Å²) >= 11 is 3.46. The first kappa shape index (κ1) is 23.0. The van der Waals surface area contributed by atoms with Crippen LogP contribution >= 0.6 is 15.9 Å². The number of hydrogen-bond donors (Lipinski definition) is 0. The van der Waals surface area contributed by atoms with Crippen molar-refractivity contribution in [3.8, 4) is 11.5 Å². The largest absolute Gasteiger partial charge is 0.496 e. The lowest BCUT2D eigenvalue weighted by Gasteiger charge is -2.36. The maximum absolute atomic E-state index is 13.2. The van der Waals surface area contributed by atoms with Crippen molar-refractivity contribution < 1.29 is 28.5 Å². The summed E-state index contributed by atoms with van der Waals surface area (Å²) in [5.74, 6) is 0.240. The third-order valence-corrected chi connectivity index (χ3v) is 7.14. The van der Waals surface area contributed by atoms with Gasteiger partial charge in [-0.05, 0) is 60.2 Å². The van der Waals surface area contributed by atoms with Crippen molar-refractivity contribution in [2.75, 3.05) is 20.8 Å². The van der Waals surface area contributed by atoms with Gasteiger partial charge in [0, 0.05) is 27.2 Å². The van der Waals surface area contributed by atoms with Gasteiger partial charge in [-0.1, -0.05) is 28.1 Å². The fourth-order valence-electron chi connectivity index (χ4n) is 5.09. The highest BCUT2D eigenvalue weighted by Crippen LogP contribution is 2.49. The fourth-order valence-corrected chi connectivity index (χ4v) is 5.35. The summed E-state index contributed by atoms with van der Waals surface area (Å²) in [6.07, 6.45) is 1.89. The summed E-state index contributed by atoms with van der Waals surface area (Å²) in [5, 5.41) is 0. The van der Waals surface area contributed by atoms with Crippen molar-refractivity contribution in [3.63, 3.8) is 0 Å². The highest BCUT2D eigenvalue weighted by atomic mass is 79.9. The molecule has 0 N–H and O–H groups in total. The molecule has 0 bridgehead atoms. The van der Waals surface area contributed by atoms with Crippen LogP contribution in [0.4, 0.5) is 0 Å². The Morgan fingerprint density at radius 2 is 1.76 bits per heavy atom. The van der Waals surface area contributed by atoms with E-state index in [4.69, 9.17) is 18.9 Å². The number of fused-ring (bicyclic) bond motifs is 1. The van der Waals surface area contributed by atoms with Gasteiger partial charge in [0.15, 0.2) is 0 Å². The van der Waals surface area contributed by atoms with E-state index in [1.54, 1.807) is 14.2 Å². The number of methoxy groups -OCH3 is 2. The minimum absolute atomic E-state index is 0.139. The molecule has 0 spiro atoms. The van der Waals surface area contributed by atoms with Gasteiger partial charge in [-0.25, -0.2) is 0 Å². The zero-order valence-corrected chi connectivity index (χ0v) is 20.9. The second-order valence-electron chi connectivity index (χ2n) is 8.64. The van der Waals surface area contributed by atoms with Crippen LogP contribution in [-0.2, 0) is 32.1 Å². The number of ketones is 2. The van der Waals surface area contributed by atoms with Gasteiger partial charge in [-0.15, -0.1) is 0 Å². The fraction of sp³-hybridized carbons (Fsp3) is 0.333. The Bertz CT molecular complexity index is 1240. The number of allylic oxidation sites excluding steroid dienone is 2. The van der Waals surface area contributed by atoms with Crippen LogP contribution in [0.15, 0.2) is 52.0 Å². The summed E-state index contributed by atoms with van der Waals surface area (Å²) in [6, 6.07) is 9.49. The van der Waals surface area contributed by atoms with Crippen molar-refractivity contribution in [1.82, 2.24) is 0 Å². The van der Waals surface area contributed by atoms with Gasteiger partial charge in [-0.2, -0.15) is 0 Å². The molecule has 0 saturated heterocycles. The van der Waals surface area contributed by atoms with Gasteiger partial charge in [0.2, 0.25) is 11.6 Å². The number of Topliss-reactive ketones (excluding diaryl/α,β-unsaturated/α-hetero) is 1. The van der Waals surface area contributed by atoms with Crippen LogP contribution in [0.5, 0.6) is 11.5 Å². The van der Waals surface area contributed by atoms with Gasteiger partial charge in [0.25, 0.3) is 0 Å². The molecule has 5 rings (SSSR count). The number of carbonyl (C=O) groups is 2. The Morgan fingerprint density at radius 1 is 1.03 bits per heavy atom. The maximum atomic E-state index is 13.2. The second kappa shape index (κ2) is 9.13. The Labute approximate surface area is 206 Å². The first-order chi connectivity index (χ1) is 16.4. The highest BCUT2D eigenvalue weighted by Gasteiger charge is 2.41. The monoisotopic (exact) mass is 524 g/mol. The summed E-state index contributed by atoms with van der Waals surface area (Å²) in [7, 11) is 3.22. The third-order valence-electron chi connectivity index (χ3n) is 6.61. The van der Waals surface area contributed by atoms with Gasteiger partial charge in [0.1, 0.15) is 17.6 Å². The number of halogens is 1. The van der Waals surface area contributed by atoms with Crippen LogP contribution in [0.25, 0.3) is 5.57 Å². The predicted octanol–water partition coefficient (Wildman–Crippen LogP) is 4.92. The first-order valence-electron chi connectivity index (χ1n) is 11.2. The van der Waals surface area contributed by atoms with Crippen LogP contribution in [0.1, 0.15) is 41.7 Å². The SMILES string of the molecule is COc1cc(OC)c(C2=CC(=O)C(=O)C3=C2CC(C)OC3c2ccc(Br)cc2)c2c1COCC2. The quantitative estimate of drug-likeness (QED) is 0.417. The smallest absolute Gasteiger partial charge is 0.232 e. The molecule has 3 aliphatic rings. The molecule has 34 heavy (non-hydrogen) atoms. The minimum Gasteiger partial charge on any atom is -0.496 e. The summed E-state index contributed by atoms with van der Waals surface area (Å²) in [5.41, 5.74) is 5.63. The molecule has 7 heteroatoms. The minimum atomic E-state index is -0.615. The van der Waals surface area contributed by atoms with Crippen LogP contribution in [0.2, 0.25) is 0 Å². The molecule has 176 valence electrons. The number of benzene rings is 2. The first-order valence-corrected chi connectivity index (χ1v) is 12.0. The van der Waals surface area contributed by atoms with Crippen LogP contribution < -0.4 is 9.47 Å². The lowest BCUT2D eigenvalue weighted by molar-refractivity contribution is -0.133. The topological polar surface area (TPSA) is 71.1 Å². The zero-order valence-electron chi connectivity index (χ0n) is 19.3. The molecular formula is C27H25BrO6. The number of hydrogen-bond acceptors (Lipinski definition) is 6. The molecule has 0 aromatic heterocycles. The zero-order chi connectivity index (χ0) is 24.0. The molecule has 2 atom stereocenters. The second-order valence-corrected chi connectivity index (χ2v) is 9.56. The van der Waals surface area contributed by atoms with Crippen LogP contribution in [0, 0.1) is 0 Å². The lowest BCUT2D eigenvalue weighted by atomic mass is 9.76. The predicted molar refractivity (Wildman–Crippen MR) is 130 cm³/mol. The average Bonchev–Trinajstić information content (AvgIpc) is 2.85. The molecule has 6 nitrogen and oxygen atoms in total. The van der Waals surface area contributed by atoms with E-state index in [9.17, 15) is 9.59 Å². The Kier molecular flexibility index (Phi) is 6.18. The average molecular weight is 525 g/mol. The van der Waals surface area contributed by atoms with Gasteiger partial charge in [-0.3, -0.25) is 9.59 Å². The van der Waals surface area contributed by atoms with E-state index in [-0.39, 0.29) is 6.10 Å². The lowest BCUT2D eigenvalue weighted by Crippen LogP contribution is -2.33. The van der Waals surface area contributed by atoms with E-state index >= 15 is 0 Å². The number of rotatable bonds is 4. The molecular weight excluding hydrogens is 500 g/mol. The van der Waals surface area contributed by atoms with Crippen molar-refractivity contribution >= 4 is 33.1 Å². The molecule has 0 saturated carbocycles. The van der Waals surface area contributed by atoms with Crippen LogP contribution in [0.3, 0.4) is 0 Å². The standard InChI is InChI=1S/C27H25BrO6/c1-14-10-18-19(24-17-8-9-33-13-20(17)22(31-2)12-23(24)32-3)11-21(29)26(30)25(18)27(34-14)15-4-6-16(28)7-5-15/h4-7,11-12,14,27H,8-10,13H2,1-3H3. The van der Waals surface area contributed by atoms with Gasteiger partial charge in [0.05, 0.1) is 33.5 Å². The summed E-state index contributed by atoms with van der Waals surface area (Å²) in [6.45, 7) is 2.97. The number of ether oxygens (including phenoxy) is 4. The Balaban J connectivity index is 1.75. The molecule has 0 amide bonds. The summed E-state index contributed by atoms with van der Waals surface area (Å²) < 4.78 is 24.3. The number of carbonyl (C=O) groups excluding carboxylic acids is 2. The third kappa shape index (κ3) is 3.82. The highest BCUT2D eigenvalue weighted by molar-refractivity contribution is 9.10. The Hall–Kier alpha value is -2.74. The molecule has 0 radical (unpaired) electrons. The molecule has 2 unspecified atom stereocenters. The molecule has 1 aliphatic carbocycles. The van der Waals surface area contributed by atoms with E-state index in [0.29, 0.717) is 43.1 Å². The molecule has 2 aromatic carbocycles. The van der Waals surface area contributed by atoms with E-state index in [2.05, 4.69) is 15.9 Å². The van der Waals surface area contributed by atoms with E-state index in [1.807, 2.05) is 37.3 Å². The molecule has 0 fully saturated rings. The van der Waals surface area contributed by atoms with Crippen LogP contribution in [-0.4, -0.2) is 38.5 Å². The Morgan fingerprint density at radius 3 is 2.47 bits per heavy atom. The molecule has 2 aliphatic heterocycles. The van der Waals surface area contributed by atoms with Gasteiger partial charge < -0.3 is 18.9 Å². The summed E-state index contributed by atoms with van der Waals surface area (Å²) in [4.78, 5) is 26.2. The van der Waals surface area contributed by atoms with E-state index in [0.717, 1.165) is 37.9 Å². The molecule has 2 aromatic rings. The van der Waals surface area contributed by atoms with Gasteiger partial charge >= 0.3 is 0 Å². The van der Waals surface area contributed by atoms with Crippen molar-refractivity contribution in [2.24, 2.45) is 0 Å².